The number of methoxy groups -OCH3 is 1. The van der Waals surface area contributed by atoms with Crippen molar-refractivity contribution in [3.63, 3.8) is 0 Å². The molecule has 0 aromatic heterocycles. The third-order valence-electron chi connectivity index (χ3n) is 4.35. The maximum atomic E-state index is 12.2. The fraction of sp³-hybridized carbons (Fsp3) is 0.304. The van der Waals surface area contributed by atoms with Gasteiger partial charge in [0.1, 0.15) is 11.9 Å². The van der Waals surface area contributed by atoms with Crippen LogP contribution in [0, 0.1) is 5.92 Å². The summed E-state index contributed by atoms with van der Waals surface area (Å²) in [5.41, 5.74) is 2.40. The van der Waals surface area contributed by atoms with Crippen LogP contribution in [-0.2, 0) is 19.1 Å². The fourth-order valence-corrected chi connectivity index (χ4v) is 3.02. The van der Waals surface area contributed by atoms with Crippen LogP contribution in [0.2, 0.25) is 0 Å². The summed E-state index contributed by atoms with van der Waals surface area (Å²) < 4.78 is 16.0. The van der Waals surface area contributed by atoms with Crippen molar-refractivity contribution < 1.29 is 23.8 Å². The fourth-order valence-electron chi connectivity index (χ4n) is 3.02. The molecule has 28 heavy (non-hydrogen) atoms. The summed E-state index contributed by atoms with van der Waals surface area (Å²) in [4.78, 5) is 24.0. The second-order valence-corrected chi connectivity index (χ2v) is 6.31. The molecule has 0 aliphatic rings. The van der Waals surface area contributed by atoms with Gasteiger partial charge in [-0.2, -0.15) is 0 Å². The van der Waals surface area contributed by atoms with Gasteiger partial charge in [0.2, 0.25) is 0 Å². The third kappa shape index (κ3) is 5.71. The van der Waals surface area contributed by atoms with Gasteiger partial charge >= 0.3 is 11.9 Å². The molecule has 0 spiro atoms. The Labute approximate surface area is 165 Å². The second-order valence-electron chi connectivity index (χ2n) is 6.31. The van der Waals surface area contributed by atoms with Gasteiger partial charge in [-0.15, -0.1) is 0 Å². The highest BCUT2D eigenvalue weighted by Gasteiger charge is 2.27. The van der Waals surface area contributed by atoms with E-state index >= 15 is 0 Å². The first-order chi connectivity index (χ1) is 13.5. The molecule has 0 aliphatic heterocycles. The average Bonchev–Trinajstić information content (AvgIpc) is 2.70. The second kappa shape index (κ2) is 10.3. The van der Waals surface area contributed by atoms with Gasteiger partial charge in [-0.25, -0.2) is 4.79 Å². The molecular weight excluding hydrogens is 356 g/mol. The van der Waals surface area contributed by atoms with E-state index in [9.17, 15) is 9.59 Å². The maximum Gasteiger partial charge on any atom is 0.331 e. The van der Waals surface area contributed by atoms with E-state index < -0.39 is 12.1 Å². The van der Waals surface area contributed by atoms with Crippen LogP contribution in [0.3, 0.4) is 0 Å². The molecule has 2 rings (SSSR count). The summed E-state index contributed by atoms with van der Waals surface area (Å²) in [5.74, 6) is -0.392. The van der Waals surface area contributed by atoms with Gasteiger partial charge in [0, 0.05) is 18.9 Å². The van der Waals surface area contributed by atoms with Gasteiger partial charge < -0.3 is 14.2 Å². The summed E-state index contributed by atoms with van der Waals surface area (Å²) in [6.07, 6.45) is 0.927. The Hall–Kier alpha value is -3.08. The lowest BCUT2D eigenvalue weighted by Gasteiger charge is -2.26. The van der Waals surface area contributed by atoms with Gasteiger partial charge in [-0.1, -0.05) is 49.4 Å². The van der Waals surface area contributed by atoms with Crippen molar-refractivity contribution in [3.05, 3.63) is 71.8 Å². The molecule has 2 aromatic carbocycles. The van der Waals surface area contributed by atoms with Crippen molar-refractivity contribution in [2.45, 2.75) is 26.9 Å². The number of carbonyl (C=O) groups excluding carboxylic acids is 2. The van der Waals surface area contributed by atoms with Crippen molar-refractivity contribution in [1.29, 1.82) is 0 Å². The summed E-state index contributed by atoms with van der Waals surface area (Å²) in [5, 5.41) is 0. The van der Waals surface area contributed by atoms with Crippen LogP contribution < -0.4 is 4.74 Å². The molecule has 0 unspecified atom stereocenters. The Bertz CT molecular complexity index is 809. The first-order valence-corrected chi connectivity index (χ1v) is 9.21. The molecule has 0 saturated heterocycles. The van der Waals surface area contributed by atoms with Gasteiger partial charge in [0.25, 0.3) is 0 Å². The number of hydrogen-bond acceptors (Lipinski definition) is 5. The number of hydrogen-bond donors (Lipinski definition) is 0. The Morgan fingerprint density at radius 1 is 1.04 bits per heavy atom. The van der Waals surface area contributed by atoms with Crippen LogP contribution in [0.4, 0.5) is 0 Å². The number of rotatable bonds is 8. The molecule has 5 heteroatoms. The molecule has 0 amide bonds. The molecule has 0 N–H and O–H groups in total. The van der Waals surface area contributed by atoms with E-state index in [0.717, 1.165) is 16.7 Å². The molecule has 0 radical (unpaired) electrons. The minimum atomic E-state index is -0.540. The molecular formula is C23H26O5. The monoisotopic (exact) mass is 382 g/mol. The number of carbonyl (C=O) groups is 2. The van der Waals surface area contributed by atoms with Crippen LogP contribution in [0.5, 0.6) is 5.75 Å². The van der Waals surface area contributed by atoms with Crippen molar-refractivity contribution in [3.8, 4) is 5.75 Å². The van der Waals surface area contributed by atoms with E-state index in [1.165, 1.54) is 13.0 Å². The van der Waals surface area contributed by atoms with Crippen molar-refractivity contribution in [2.24, 2.45) is 5.92 Å². The summed E-state index contributed by atoms with van der Waals surface area (Å²) in [6.45, 7) is 5.35. The van der Waals surface area contributed by atoms with Crippen molar-refractivity contribution >= 4 is 17.5 Å². The zero-order valence-electron chi connectivity index (χ0n) is 16.7. The molecule has 2 atom stereocenters. The summed E-state index contributed by atoms with van der Waals surface area (Å²) in [7, 11) is 1.60. The lowest BCUT2D eigenvalue weighted by atomic mass is 9.86. The van der Waals surface area contributed by atoms with E-state index in [4.69, 9.17) is 14.2 Å². The van der Waals surface area contributed by atoms with Gasteiger partial charge in [0.05, 0.1) is 13.7 Å². The standard InChI is InChI=1S/C23H26O5/c1-5-27-22(25)15-21(18-11-13-20(26-4)14-12-18)16(2)23(28-17(3)24)19-9-7-6-8-10-19/h6-16,23H,5H2,1-4H3/b21-15-/t16-,23+/m0/s1. The lowest BCUT2D eigenvalue weighted by Crippen LogP contribution is -2.18. The predicted octanol–water partition coefficient (Wildman–Crippen LogP) is 4.58. The summed E-state index contributed by atoms with van der Waals surface area (Å²) >= 11 is 0. The molecule has 0 saturated carbocycles. The van der Waals surface area contributed by atoms with E-state index in [1.54, 1.807) is 14.0 Å². The Morgan fingerprint density at radius 3 is 2.21 bits per heavy atom. The smallest absolute Gasteiger partial charge is 0.331 e. The van der Waals surface area contributed by atoms with Gasteiger partial charge in [0.15, 0.2) is 0 Å². The highest BCUT2D eigenvalue weighted by molar-refractivity contribution is 5.92. The van der Waals surface area contributed by atoms with Crippen molar-refractivity contribution in [2.75, 3.05) is 13.7 Å². The van der Waals surface area contributed by atoms with Crippen molar-refractivity contribution in [1.82, 2.24) is 0 Å². The van der Waals surface area contributed by atoms with Crippen LogP contribution in [0.1, 0.15) is 38.0 Å². The minimum Gasteiger partial charge on any atom is -0.497 e. The van der Waals surface area contributed by atoms with Gasteiger partial charge in [-0.3, -0.25) is 4.79 Å². The molecule has 148 valence electrons. The van der Waals surface area contributed by atoms with Crippen LogP contribution in [-0.4, -0.2) is 25.7 Å². The Kier molecular flexibility index (Phi) is 7.81. The van der Waals surface area contributed by atoms with E-state index in [1.807, 2.05) is 61.5 Å². The Balaban J connectivity index is 2.48. The Morgan fingerprint density at radius 2 is 1.68 bits per heavy atom. The first-order valence-electron chi connectivity index (χ1n) is 9.21. The number of benzene rings is 2. The molecule has 0 bridgehead atoms. The molecule has 0 heterocycles. The topological polar surface area (TPSA) is 61.8 Å². The molecule has 2 aromatic rings. The zero-order chi connectivity index (χ0) is 20.5. The first kappa shape index (κ1) is 21.2. The predicted molar refractivity (Wildman–Crippen MR) is 108 cm³/mol. The van der Waals surface area contributed by atoms with Gasteiger partial charge in [-0.05, 0) is 35.8 Å². The third-order valence-corrected chi connectivity index (χ3v) is 4.35. The molecule has 0 fully saturated rings. The maximum absolute atomic E-state index is 12.2. The number of ether oxygens (including phenoxy) is 3. The van der Waals surface area contributed by atoms with E-state index in [0.29, 0.717) is 5.75 Å². The molecule has 5 nitrogen and oxygen atoms in total. The van der Waals surface area contributed by atoms with E-state index in [-0.39, 0.29) is 18.5 Å². The van der Waals surface area contributed by atoms with E-state index in [2.05, 4.69) is 0 Å². The molecule has 0 aliphatic carbocycles. The normalized spacial score (nSPS) is 13.4. The highest BCUT2D eigenvalue weighted by Crippen LogP contribution is 2.36. The van der Waals surface area contributed by atoms with Crippen LogP contribution in [0.25, 0.3) is 5.57 Å². The quantitative estimate of drug-likeness (QED) is 0.494. The summed E-state index contributed by atoms with van der Waals surface area (Å²) in [6, 6.07) is 16.9. The van der Waals surface area contributed by atoms with Crippen LogP contribution >= 0.6 is 0 Å². The average molecular weight is 382 g/mol. The number of esters is 2. The lowest BCUT2D eigenvalue weighted by molar-refractivity contribution is -0.148. The largest absolute Gasteiger partial charge is 0.497 e. The SMILES string of the molecule is CCOC(=O)/C=C(\c1ccc(OC)cc1)[C@H](C)[C@@H](OC(C)=O)c1ccccc1. The minimum absolute atomic E-state index is 0.283. The highest BCUT2D eigenvalue weighted by atomic mass is 16.5. The van der Waals surface area contributed by atoms with Crippen LogP contribution in [0.15, 0.2) is 60.7 Å². The zero-order valence-corrected chi connectivity index (χ0v) is 16.7.